The Morgan fingerprint density at radius 2 is 1.75 bits per heavy atom. The third-order valence-corrected chi connectivity index (χ3v) is 6.07. The number of nitriles is 1. The number of nitrogens with one attached hydrogen (secondary N) is 1. The van der Waals surface area contributed by atoms with Crippen LogP contribution in [0, 0.1) is 25.2 Å². The van der Waals surface area contributed by atoms with E-state index in [-0.39, 0.29) is 5.57 Å². The van der Waals surface area contributed by atoms with E-state index in [1.807, 2.05) is 79.1 Å². The van der Waals surface area contributed by atoms with Crippen LogP contribution in [0.2, 0.25) is 10.0 Å². The molecule has 4 nitrogen and oxygen atoms in total. The van der Waals surface area contributed by atoms with Gasteiger partial charge in [-0.05, 0) is 61.2 Å². The molecule has 0 radical (unpaired) electrons. The van der Waals surface area contributed by atoms with Gasteiger partial charge >= 0.3 is 0 Å². The number of anilines is 1. The van der Waals surface area contributed by atoms with Crippen LogP contribution in [0.25, 0.3) is 22.5 Å². The number of fused-ring (bicyclic) bond motifs is 1. The van der Waals surface area contributed by atoms with Gasteiger partial charge in [-0.1, -0.05) is 59.6 Å². The number of aryl methyl sites for hydroxylation is 1. The molecule has 0 unspecified atom stereocenters. The maximum absolute atomic E-state index is 12.9. The van der Waals surface area contributed by atoms with Crippen LogP contribution in [-0.4, -0.2) is 10.5 Å². The van der Waals surface area contributed by atoms with Crippen molar-refractivity contribution in [2.24, 2.45) is 0 Å². The summed E-state index contributed by atoms with van der Waals surface area (Å²) in [7, 11) is 0. The number of halogens is 2. The number of hydrogen-bond donors (Lipinski definition) is 1. The lowest BCUT2D eigenvalue weighted by molar-refractivity contribution is -0.112. The van der Waals surface area contributed by atoms with Crippen LogP contribution in [-0.2, 0) is 4.79 Å². The molecule has 0 saturated carbocycles. The quantitative estimate of drug-likeness (QED) is 0.261. The zero-order valence-corrected chi connectivity index (χ0v) is 19.0. The highest BCUT2D eigenvalue weighted by atomic mass is 35.5. The SMILES string of the molecule is Cc1cc(/C=C(\C#N)C(=O)Nc2cccc3ccccc23)c(C)n1-c1ccc(Cl)c(Cl)c1. The number of carbonyl (C=O) groups excluding carboxylic acids is 1. The Morgan fingerprint density at radius 1 is 1.00 bits per heavy atom. The average molecular weight is 460 g/mol. The molecule has 158 valence electrons. The summed E-state index contributed by atoms with van der Waals surface area (Å²) in [5, 5.41) is 15.4. The van der Waals surface area contributed by atoms with Gasteiger partial charge in [-0.15, -0.1) is 0 Å². The Kier molecular flexibility index (Phi) is 6.05. The van der Waals surface area contributed by atoms with E-state index in [2.05, 4.69) is 5.32 Å². The lowest BCUT2D eigenvalue weighted by Gasteiger charge is -2.11. The van der Waals surface area contributed by atoms with Gasteiger partial charge < -0.3 is 9.88 Å². The summed E-state index contributed by atoms with van der Waals surface area (Å²) < 4.78 is 2.01. The Labute approximate surface area is 196 Å². The smallest absolute Gasteiger partial charge is 0.266 e. The van der Waals surface area contributed by atoms with Crippen LogP contribution in [0.4, 0.5) is 5.69 Å². The highest BCUT2D eigenvalue weighted by Crippen LogP contribution is 2.29. The van der Waals surface area contributed by atoms with E-state index in [4.69, 9.17) is 23.2 Å². The van der Waals surface area contributed by atoms with E-state index in [0.29, 0.717) is 15.7 Å². The molecule has 1 amide bonds. The van der Waals surface area contributed by atoms with Crippen LogP contribution in [0.5, 0.6) is 0 Å². The van der Waals surface area contributed by atoms with Crippen LogP contribution < -0.4 is 5.32 Å². The van der Waals surface area contributed by atoms with Crippen molar-refractivity contribution in [1.82, 2.24) is 4.57 Å². The molecule has 1 N–H and O–H groups in total. The number of hydrogen-bond acceptors (Lipinski definition) is 2. The molecule has 3 aromatic carbocycles. The molecule has 0 spiro atoms. The summed E-state index contributed by atoms with van der Waals surface area (Å²) in [6, 6.07) is 22.8. The van der Waals surface area contributed by atoms with Gasteiger partial charge in [-0.3, -0.25) is 4.79 Å². The van der Waals surface area contributed by atoms with Gasteiger partial charge in [0.25, 0.3) is 5.91 Å². The van der Waals surface area contributed by atoms with E-state index < -0.39 is 5.91 Å². The molecule has 32 heavy (non-hydrogen) atoms. The molecule has 0 fully saturated rings. The summed E-state index contributed by atoms with van der Waals surface area (Å²) >= 11 is 12.2. The van der Waals surface area contributed by atoms with Crippen LogP contribution in [0.3, 0.4) is 0 Å². The molecule has 1 heterocycles. The van der Waals surface area contributed by atoms with Crippen molar-refractivity contribution in [3.63, 3.8) is 0 Å². The Bertz CT molecular complexity index is 1420. The predicted molar refractivity (Wildman–Crippen MR) is 131 cm³/mol. The fourth-order valence-electron chi connectivity index (χ4n) is 3.78. The highest BCUT2D eigenvalue weighted by molar-refractivity contribution is 6.42. The molecule has 0 aliphatic carbocycles. The second-order valence-corrected chi connectivity index (χ2v) is 8.23. The van der Waals surface area contributed by atoms with Crippen LogP contribution in [0.15, 0.2) is 72.3 Å². The molecule has 0 aliphatic heterocycles. The molecular formula is C26H19Cl2N3O. The number of carbonyl (C=O) groups is 1. The summed E-state index contributed by atoms with van der Waals surface area (Å²) in [4.78, 5) is 12.9. The minimum Gasteiger partial charge on any atom is -0.321 e. The van der Waals surface area contributed by atoms with Gasteiger partial charge in [0, 0.05) is 28.1 Å². The fourth-order valence-corrected chi connectivity index (χ4v) is 4.08. The number of amides is 1. The van der Waals surface area contributed by atoms with Gasteiger partial charge in [-0.2, -0.15) is 5.26 Å². The zero-order chi connectivity index (χ0) is 22.8. The lowest BCUT2D eigenvalue weighted by atomic mass is 10.1. The number of nitrogens with zero attached hydrogens (tertiary/aromatic N) is 2. The van der Waals surface area contributed by atoms with Crippen molar-refractivity contribution in [2.75, 3.05) is 5.32 Å². The zero-order valence-electron chi connectivity index (χ0n) is 17.5. The van der Waals surface area contributed by atoms with Crippen molar-refractivity contribution < 1.29 is 4.79 Å². The first-order valence-corrected chi connectivity index (χ1v) is 10.7. The first-order valence-electron chi connectivity index (χ1n) is 9.94. The second kappa shape index (κ2) is 8.92. The minimum atomic E-state index is -0.455. The Hall–Kier alpha value is -3.52. The normalized spacial score (nSPS) is 11.4. The van der Waals surface area contributed by atoms with Crippen molar-refractivity contribution in [2.45, 2.75) is 13.8 Å². The number of rotatable bonds is 4. The summed E-state index contributed by atoms with van der Waals surface area (Å²) in [6.07, 6.45) is 1.61. The second-order valence-electron chi connectivity index (χ2n) is 7.41. The van der Waals surface area contributed by atoms with E-state index >= 15 is 0 Å². The van der Waals surface area contributed by atoms with Crippen molar-refractivity contribution in [3.8, 4) is 11.8 Å². The van der Waals surface area contributed by atoms with E-state index in [1.54, 1.807) is 18.2 Å². The van der Waals surface area contributed by atoms with Gasteiger partial charge in [0.15, 0.2) is 0 Å². The van der Waals surface area contributed by atoms with E-state index in [1.165, 1.54) is 0 Å². The van der Waals surface area contributed by atoms with Crippen molar-refractivity contribution in [1.29, 1.82) is 5.26 Å². The molecule has 4 aromatic rings. The summed E-state index contributed by atoms with van der Waals surface area (Å²) in [5.41, 5.74) is 4.14. The van der Waals surface area contributed by atoms with Gasteiger partial charge in [0.05, 0.1) is 10.0 Å². The molecule has 0 bridgehead atoms. The minimum absolute atomic E-state index is 0.0207. The Morgan fingerprint density at radius 3 is 2.50 bits per heavy atom. The first-order chi connectivity index (χ1) is 15.4. The average Bonchev–Trinajstić information content (AvgIpc) is 3.07. The third kappa shape index (κ3) is 4.13. The van der Waals surface area contributed by atoms with Crippen LogP contribution >= 0.6 is 23.2 Å². The Balaban J connectivity index is 1.68. The topological polar surface area (TPSA) is 57.8 Å². The number of aromatic nitrogens is 1. The molecule has 1 aromatic heterocycles. The van der Waals surface area contributed by atoms with Gasteiger partial charge in [0.1, 0.15) is 11.6 Å². The molecule has 0 saturated heterocycles. The molecule has 0 atom stereocenters. The van der Waals surface area contributed by atoms with Crippen molar-refractivity contribution in [3.05, 3.63) is 99.3 Å². The third-order valence-electron chi connectivity index (χ3n) is 5.33. The fraction of sp³-hybridized carbons (Fsp3) is 0.0769. The molecule has 6 heteroatoms. The van der Waals surface area contributed by atoms with Crippen molar-refractivity contribution >= 4 is 51.6 Å². The molecule has 0 aliphatic rings. The van der Waals surface area contributed by atoms with E-state index in [0.717, 1.165) is 33.4 Å². The first kappa shape index (κ1) is 21.7. The molecular weight excluding hydrogens is 441 g/mol. The number of benzene rings is 3. The van der Waals surface area contributed by atoms with E-state index in [9.17, 15) is 10.1 Å². The largest absolute Gasteiger partial charge is 0.321 e. The van der Waals surface area contributed by atoms with Gasteiger partial charge in [0.2, 0.25) is 0 Å². The monoisotopic (exact) mass is 459 g/mol. The maximum Gasteiger partial charge on any atom is 0.266 e. The standard InChI is InChI=1S/C26H19Cl2N3O/c1-16-12-19(17(2)31(16)21-10-11-23(27)24(28)14-21)13-20(15-29)26(32)30-25-9-5-7-18-6-3-4-8-22(18)25/h3-14H,1-2H3,(H,30,32)/b20-13+. The molecule has 4 rings (SSSR count). The lowest BCUT2D eigenvalue weighted by Crippen LogP contribution is -2.13. The van der Waals surface area contributed by atoms with Gasteiger partial charge in [-0.25, -0.2) is 0 Å². The highest BCUT2D eigenvalue weighted by Gasteiger charge is 2.15. The predicted octanol–water partition coefficient (Wildman–Crippen LogP) is 7.10. The summed E-state index contributed by atoms with van der Waals surface area (Å²) in [5.74, 6) is -0.455. The maximum atomic E-state index is 12.9. The summed E-state index contributed by atoms with van der Waals surface area (Å²) in [6.45, 7) is 3.88. The van der Waals surface area contributed by atoms with Crippen LogP contribution in [0.1, 0.15) is 17.0 Å².